The van der Waals surface area contributed by atoms with Crippen LogP contribution >= 0.6 is 24.2 Å². The average molecular weight is 373 g/mol. The summed E-state index contributed by atoms with van der Waals surface area (Å²) in [6.45, 7) is 1.94. The van der Waals surface area contributed by atoms with Gasteiger partial charge in [-0.25, -0.2) is 0 Å². The van der Waals surface area contributed by atoms with Crippen molar-refractivity contribution in [1.82, 2.24) is 10.1 Å². The van der Waals surface area contributed by atoms with Gasteiger partial charge in [-0.2, -0.15) is 16.7 Å². The molecule has 0 aliphatic heterocycles. The Morgan fingerprint density at radius 2 is 2.12 bits per heavy atom. The monoisotopic (exact) mass is 372 g/mol. The second kappa shape index (κ2) is 10.2. The third kappa shape index (κ3) is 6.38. The number of benzene rings is 1. The molecule has 1 aromatic heterocycles. The predicted molar refractivity (Wildman–Crippen MR) is 96.7 cm³/mol. The zero-order valence-corrected chi connectivity index (χ0v) is 15.2. The first-order valence-electron chi connectivity index (χ1n) is 7.16. The molecule has 0 bridgehead atoms. The minimum atomic E-state index is -0.500. The minimum absolute atomic E-state index is 0. The van der Waals surface area contributed by atoms with Gasteiger partial charge in [-0.3, -0.25) is 4.79 Å². The highest BCUT2D eigenvalue weighted by atomic mass is 35.5. The summed E-state index contributed by atoms with van der Waals surface area (Å²) in [4.78, 5) is 16.0. The van der Waals surface area contributed by atoms with E-state index in [1.54, 1.807) is 43.0 Å². The van der Waals surface area contributed by atoms with E-state index in [1.165, 1.54) is 0 Å². The van der Waals surface area contributed by atoms with E-state index in [4.69, 9.17) is 15.0 Å². The second-order valence-electron chi connectivity index (χ2n) is 4.92. The standard InChI is InChI=1S/C15H20N4O3S.ClH/c1-10-17-14(19-22-10)9-21-12-5-3-11(4-6-12)18-15(20)13(16)7-8-23-2;/h3-6,13H,7-9,16H2,1-2H3,(H,18,20);1H/t13-;/m0./s1. The van der Waals surface area contributed by atoms with Gasteiger partial charge in [0.1, 0.15) is 5.75 Å². The van der Waals surface area contributed by atoms with Crippen LogP contribution in [0.3, 0.4) is 0 Å². The summed E-state index contributed by atoms with van der Waals surface area (Å²) >= 11 is 1.67. The SMILES string of the molecule is CSCC[C@H](N)C(=O)Nc1ccc(OCc2noc(C)n2)cc1.Cl. The van der Waals surface area contributed by atoms with Crippen LogP contribution in [0.1, 0.15) is 18.1 Å². The molecule has 1 heterocycles. The molecule has 0 fully saturated rings. The predicted octanol–water partition coefficient (Wildman–Crippen LogP) is 2.40. The maximum atomic E-state index is 11.9. The highest BCUT2D eigenvalue weighted by Crippen LogP contribution is 2.17. The first-order chi connectivity index (χ1) is 11.1. The molecule has 2 rings (SSSR count). The number of nitrogens with zero attached hydrogens (tertiary/aromatic N) is 2. The van der Waals surface area contributed by atoms with Gasteiger partial charge in [0, 0.05) is 12.6 Å². The number of aryl methyl sites for hydroxylation is 1. The quantitative estimate of drug-likeness (QED) is 0.733. The maximum absolute atomic E-state index is 11.9. The first-order valence-corrected chi connectivity index (χ1v) is 8.55. The number of aromatic nitrogens is 2. The molecule has 24 heavy (non-hydrogen) atoms. The number of thioether (sulfide) groups is 1. The number of nitrogens with one attached hydrogen (secondary N) is 1. The second-order valence-corrected chi connectivity index (χ2v) is 5.91. The first kappa shape index (κ1) is 20.3. The van der Waals surface area contributed by atoms with E-state index >= 15 is 0 Å². The lowest BCUT2D eigenvalue weighted by Crippen LogP contribution is -2.36. The van der Waals surface area contributed by atoms with Crippen molar-refractivity contribution in [3.05, 3.63) is 36.0 Å². The molecule has 0 radical (unpaired) electrons. The van der Waals surface area contributed by atoms with Crippen LogP contribution in [0.2, 0.25) is 0 Å². The lowest BCUT2D eigenvalue weighted by molar-refractivity contribution is -0.117. The zero-order chi connectivity index (χ0) is 16.7. The zero-order valence-electron chi connectivity index (χ0n) is 13.5. The molecule has 0 aliphatic rings. The van der Waals surface area contributed by atoms with Gasteiger partial charge in [0.2, 0.25) is 17.6 Å². The molecule has 0 spiro atoms. The Hall–Kier alpha value is -1.77. The number of carbonyl (C=O) groups excluding carboxylic acids is 1. The van der Waals surface area contributed by atoms with Crippen LogP contribution in [-0.2, 0) is 11.4 Å². The third-order valence-corrected chi connectivity index (χ3v) is 3.67. The molecule has 132 valence electrons. The van der Waals surface area contributed by atoms with Gasteiger partial charge in [-0.05, 0) is 42.7 Å². The molecular weight excluding hydrogens is 352 g/mol. The molecule has 1 amide bonds. The number of nitrogens with two attached hydrogens (primary N) is 1. The third-order valence-electron chi connectivity index (χ3n) is 3.03. The Morgan fingerprint density at radius 3 is 2.71 bits per heavy atom. The van der Waals surface area contributed by atoms with E-state index in [2.05, 4.69) is 15.5 Å². The summed E-state index contributed by atoms with van der Waals surface area (Å²) in [6.07, 6.45) is 2.64. The van der Waals surface area contributed by atoms with Gasteiger partial charge in [0.05, 0.1) is 6.04 Å². The Balaban J connectivity index is 0.00000288. The summed E-state index contributed by atoms with van der Waals surface area (Å²) in [6, 6.07) is 6.54. The summed E-state index contributed by atoms with van der Waals surface area (Å²) in [5, 5.41) is 6.53. The Kier molecular flexibility index (Phi) is 8.59. The lowest BCUT2D eigenvalue weighted by atomic mass is 10.2. The van der Waals surface area contributed by atoms with Crippen molar-refractivity contribution >= 4 is 35.8 Å². The normalized spacial score (nSPS) is 11.5. The molecule has 0 saturated carbocycles. The van der Waals surface area contributed by atoms with Crippen LogP contribution in [0, 0.1) is 6.92 Å². The van der Waals surface area contributed by atoms with Crippen LogP contribution in [0.5, 0.6) is 5.75 Å². The molecule has 3 N–H and O–H groups in total. The van der Waals surface area contributed by atoms with Crippen molar-refractivity contribution in [2.24, 2.45) is 5.73 Å². The molecule has 1 atom stereocenters. The van der Waals surface area contributed by atoms with Gasteiger partial charge in [-0.15, -0.1) is 12.4 Å². The van der Waals surface area contributed by atoms with Crippen molar-refractivity contribution in [1.29, 1.82) is 0 Å². The van der Waals surface area contributed by atoms with Crippen LogP contribution in [-0.4, -0.2) is 34.1 Å². The van der Waals surface area contributed by atoms with Crippen molar-refractivity contribution < 1.29 is 14.1 Å². The summed E-state index contributed by atoms with van der Waals surface area (Å²) in [5.74, 6) is 2.31. The number of ether oxygens (including phenoxy) is 1. The summed E-state index contributed by atoms with van der Waals surface area (Å²) < 4.78 is 10.4. The number of rotatable bonds is 8. The van der Waals surface area contributed by atoms with Crippen LogP contribution < -0.4 is 15.8 Å². The average Bonchev–Trinajstić information content (AvgIpc) is 2.97. The fraction of sp³-hybridized carbons (Fsp3) is 0.400. The van der Waals surface area contributed by atoms with Gasteiger partial charge in [0.15, 0.2) is 6.61 Å². The van der Waals surface area contributed by atoms with Gasteiger partial charge < -0.3 is 20.3 Å². The topological polar surface area (TPSA) is 103 Å². The maximum Gasteiger partial charge on any atom is 0.241 e. The molecule has 0 unspecified atom stereocenters. The van der Waals surface area contributed by atoms with Crippen LogP contribution in [0.4, 0.5) is 5.69 Å². The van der Waals surface area contributed by atoms with Gasteiger partial charge in [0.25, 0.3) is 0 Å². The van der Waals surface area contributed by atoms with Crippen LogP contribution in [0.15, 0.2) is 28.8 Å². The number of amides is 1. The fourth-order valence-corrected chi connectivity index (χ4v) is 2.28. The smallest absolute Gasteiger partial charge is 0.241 e. The molecule has 9 heteroatoms. The number of hydrogen-bond donors (Lipinski definition) is 2. The van der Waals surface area contributed by atoms with E-state index in [1.807, 2.05) is 6.26 Å². The molecule has 0 aliphatic carbocycles. The van der Waals surface area contributed by atoms with E-state index in [9.17, 15) is 4.79 Å². The Morgan fingerprint density at radius 1 is 1.42 bits per heavy atom. The molecule has 0 saturated heterocycles. The van der Waals surface area contributed by atoms with E-state index in [0.29, 0.717) is 29.6 Å². The number of carbonyl (C=O) groups is 1. The van der Waals surface area contributed by atoms with Gasteiger partial charge >= 0.3 is 0 Å². The van der Waals surface area contributed by atoms with Gasteiger partial charge in [-0.1, -0.05) is 5.16 Å². The van der Waals surface area contributed by atoms with E-state index in [0.717, 1.165) is 5.75 Å². The number of hydrogen-bond acceptors (Lipinski definition) is 7. The van der Waals surface area contributed by atoms with Crippen LogP contribution in [0.25, 0.3) is 0 Å². The lowest BCUT2D eigenvalue weighted by Gasteiger charge is -2.12. The highest BCUT2D eigenvalue weighted by molar-refractivity contribution is 7.98. The minimum Gasteiger partial charge on any atom is -0.485 e. The van der Waals surface area contributed by atoms with E-state index < -0.39 is 6.04 Å². The Labute approximate surface area is 151 Å². The highest BCUT2D eigenvalue weighted by Gasteiger charge is 2.13. The summed E-state index contributed by atoms with van der Waals surface area (Å²) in [5.41, 5.74) is 6.50. The van der Waals surface area contributed by atoms with Crippen molar-refractivity contribution in [2.75, 3.05) is 17.3 Å². The van der Waals surface area contributed by atoms with Crippen molar-refractivity contribution in [3.63, 3.8) is 0 Å². The van der Waals surface area contributed by atoms with Crippen molar-refractivity contribution in [3.8, 4) is 5.75 Å². The van der Waals surface area contributed by atoms with Crippen molar-refractivity contribution in [2.45, 2.75) is 26.0 Å². The molecular formula is C15H21ClN4O3S. The number of anilines is 1. The summed E-state index contributed by atoms with van der Waals surface area (Å²) in [7, 11) is 0. The number of halogens is 1. The fourth-order valence-electron chi connectivity index (χ4n) is 1.79. The van der Waals surface area contributed by atoms with E-state index in [-0.39, 0.29) is 24.9 Å². The largest absolute Gasteiger partial charge is 0.485 e. The molecule has 2 aromatic rings. The molecule has 7 nitrogen and oxygen atoms in total. The molecule has 1 aromatic carbocycles. The Bertz CT molecular complexity index is 636.